The van der Waals surface area contributed by atoms with E-state index in [1.165, 1.54) is 12.8 Å². The highest BCUT2D eigenvalue weighted by atomic mass is 32.2. The summed E-state index contributed by atoms with van der Waals surface area (Å²) in [6.07, 6.45) is 2.37. The summed E-state index contributed by atoms with van der Waals surface area (Å²) in [7, 11) is 0. The van der Waals surface area contributed by atoms with Gasteiger partial charge in [-0.1, -0.05) is 20.8 Å². The number of thioether (sulfide) groups is 1. The van der Waals surface area contributed by atoms with E-state index in [0.29, 0.717) is 5.92 Å². The maximum atomic E-state index is 11.5. The van der Waals surface area contributed by atoms with Gasteiger partial charge < -0.3 is 4.98 Å². The molecule has 0 radical (unpaired) electrons. The van der Waals surface area contributed by atoms with Gasteiger partial charge in [-0.05, 0) is 12.8 Å². The molecule has 88 valence electrons. The normalized spacial score (nSPS) is 16.4. The van der Waals surface area contributed by atoms with Crippen LogP contribution >= 0.6 is 11.8 Å². The van der Waals surface area contributed by atoms with Crippen molar-refractivity contribution < 1.29 is 0 Å². The fourth-order valence-corrected chi connectivity index (χ4v) is 2.18. The van der Waals surface area contributed by atoms with Gasteiger partial charge in [0.15, 0.2) is 0 Å². The largest absolute Gasteiger partial charge is 0.310 e. The molecule has 16 heavy (non-hydrogen) atoms. The van der Waals surface area contributed by atoms with Gasteiger partial charge in [-0.3, -0.25) is 4.79 Å². The van der Waals surface area contributed by atoms with Crippen molar-refractivity contribution in [3.05, 3.63) is 27.9 Å². The summed E-state index contributed by atoms with van der Waals surface area (Å²) < 4.78 is 0.203. The molecule has 1 aromatic heterocycles. The van der Waals surface area contributed by atoms with E-state index in [2.05, 4.69) is 30.7 Å². The topological polar surface area (TPSA) is 45.8 Å². The number of nitrogens with zero attached hydrogens (tertiary/aromatic N) is 1. The van der Waals surface area contributed by atoms with Crippen LogP contribution in [0.1, 0.15) is 51.0 Å². The molecule has 0 aliphatic heterocycles. The third kappa shape index (κ3) is 3.37. The smallest absolute Gasteiger partial charge is 0.251 e. The van der Waals surface area contributed by atoms with Gasteiger partial charge in [0.1, 0.15) is 5.82 Å². The predicted molar refractivity (Wildman–Crippen MR) is 67.9 cm³/mol. The van der Waals surface area contributed by atoms with Crippen LogP contribution in [0.15, 0.2) is 10.9 Å². The number of rotatable bonds is 3. The number of nitrogens with one attached hydrogen (secondary N) is 1. The molecule has 0 amide bonds. The van der Waals surface area contributed by atoms with Gasteiger partial charge in [-0.2, -0.15) is 0 Å². The zero-order valence-electron chi connectivity index (χ0n) is 10.0. The summed E-state index contributed by atoms with van der Waals surface area (Å²) in [6, 6.07) is 1.64. The highest BCUT2D eigenvalue weighted by Crippen LogP contribution is 2.38. The number of hydrogen-bond donors (Lipinski definition) is 1. The third-order valence-corrected chi connectivity index (χ3v) is 3.73. The molecule has 0 atom stereocenters. The van der Waals surface area contributed by atoms with E-state index in [9.17, 15) is 4.79 Å². The quantitative estimate of drug-likeness (QED) is 0.880. The molecule has 1 saturated carbocycles. The Morgan fingerprint density at radius 3 is 2.75 bits per heavy atom. The predicted octanol–water partition coefficient (Wildman–Crippen LogP) is 2.68. The van der Waals surface area contributed by atoms with Gasteiger partial charge >= 0.3 is 0 Å². The second-order valence-electron chi connectivity index (χ2n) is 5.29. The first-order valence-corrected chi connectivity index (χ1v) is 6.67. The molecule has 0 spiro atoms. The van der Waals surface area contributed by atoms with Crippen molar-refractivity contribution in [2.24, 2.45) is 0 Å². The minimum Gasteiger partial charge on any atom is -0.310 e. The second-order valence-corrected chi connectivity index (χ2v) is 7.09. The maximum absolute atomic E-state index is 11.5. The van der Waals surface area contributed by atoms with Crippen molar-refractivity contribution in [3.63, 3.8) is 0 Å². The molecule has 0 unspecified atom stereocenters. The number of H-pyrrole nitrogens is 1. The van der Waals surface area contributed by atoms with Gasteiger partial charge in [0.05, 0.1) is 11.4 Å². The summed E-state index contributed by atoms with van der Waals surface area (Å²) in [4.78, 5) is 18.8. The number of aromatic nitrogens is 2. The van der Waals surface area contributed by atoms with Crippen LogP contribution < -0.4 is 5.56 Å². The Morgan fingerprint density at radius 1 is 1.50 bits per heavy atom. The monoisotopic (exact) mass is 238 g/mol. The van der Waals surface area contributed by atoms with Gasteiger partial charge in [0.25, 0.3) is 5.56 Å². The van der Waals surface area contributed by atoms with Crippen molar-refractivity contribution in [1.82, 2.24) is 9.97 Å². The minimum atomic E-state index is -0.0126. The zero-order valence-corrected chi connectivity index (χ0v) is 10.9. The Bertz CT molecular complexity index is 429. The van der Waals surface area contributed by atoms with Crippen molar-refractivity contribution in [1.29, 1.82) is 0 Å². The van der Waals surface area contributed by atoms with E-state index in [1.54, 1.807) is 17.8 Å². The Labute approximate surface area is 100 Å². The van der Waals surface area contributed by atoms with E-state index in [-0.39, 0.29) is 10.3 Å². The lowest BCUT2D eigenvalue weighted by Crippen LogP contribution is -2.14. The van der Waals surface area contributed by atoms with E-state index in [4.69, 9.17) is 0 Å². The SMILES string of the molecule is CC(C)(C)SCc1nc(C2CC2)cc(=O)[nH]1. The van der Waals surface area contributed by atoms with Crippen molar-refractivity contribution in [2.75, 3.05) is 0 Å². The van der Waals surface area contributed by atoms with Crippen LogP contribution in [0.25, 0.3) is 0 Å². The van der Waals surface area contributed by atoms with Crippen LogP contribution in [0.4, 0.5) is 0 Å². The van der Waals surface area contributed by atoms with Crippen LogP contribution in [0.3, 0.4) is 0 Å². The molecule has 3 nitrogen and oxygen atoms in total. The van der Waals surface area contributed by atoms with E-state index >= 15 is 0 Å². The van der Waals surface area contributed by atoms with Crippen molar-refractivity contribution in [2.45, 2.75) is 50.0 Å². The lowest BCUT2D eigenvalue weighted by atomic mass is 10.3. The summed E-state index contributed by atoms with van der Waals surface area (Å²) in [5.41, 5.74) is 0.967. The Balaban J connectivity index is 2.11. The van der Waals surface area contributed by atoms with Gasteiger partial charge in [0, 0.05) is 16.7 Å². The van der Waals surface area contributed by atoms with E-state index in [1.807, 2.05) is 0 Å². The first-order valence-electron chi connectivity index (χ1n) is 5.68. The van der Waals surface area contributed by atoms with Gasteiger partial charge in [-0.25, -0.2) is 4.98 Å². The number of aromatic amines is 1. The van der Waals surface area contributed by atoms with Crippen molar-refractivity contribution >= 4 is 11.8 Å². The van der Waals surface area contributed by atoms with Crippen LogP contribution in [0.5, 0.6) is 0 Å². The van der Waals surface area contributed by atoms with E-state index in [0.717, 1.165) is 17.3 Å². The second kappa shape index (κ2) is 4.24. The molecule has 1 N–H and O–H groups in total. The highest BCUT2D eigenvalue weighted by molar-refractivity contribution is 7.99. The van der Waals surface area contributed by atoms with Crippen molar-refractivity contribution in [3.8, 4) is 0 Å². The molecule has 4 heteroatoms. The average Bonchev–Trinajstić information content (AvgIpc) is 2.95. The Hall–Kier alpha value is -0.770. The van der Waals surface area contributed by atoms with Crippen LogP contribution in [-0.2, 0) is 5.75 Å². The average molecular weight is 238 g/mol. The van der Waals surface area contributed by atoms with Crippen LogP contribution in [0.2, 0.25) is 0 Å². The summed E-state index contributed by atoms with van der Waals surface area (Å²) in [5, 5.41) is 0. The van der Waals surface area contributed by atoms with Gasteiger partial charge in [0.2, 0.25) is 0 Å². The standard InChI is InChI=1S/C12H18N2OS/c1-12(2,3)16-7-10-13-9(8-4-5-8)6-11(15)14-10/h6,8H,4-5,7H2,1-3H3,(H,13,14,15). The molecule has 0 bridgehead atoms. The molecule has 1 heterocycles. The van der Waals surface area contributed by atoms with E-state index < -0.39 is 0 Å². The lowest BCUT2D eigenvalue weighted by molar-refractivity contribution is 0.798. The fraction of sp³-hybridized carbons (Fsp3) is 0.667. The lowest BCUT2D eigenvalue weighted by Gasteiger charge is -2.16. The molecule has 0 saturated heterocycles. The van der Waals surface area contributed by atoms with Crippen LogP contribution in [0, 0.1) is 0 Å². The first-order chi connectivity index (χ1) is 7.44. The summed E-state index contributed by atoms with van der Waals surface area (Å²) in [5.74, 6) is 2.13. The van der Waals surface area contributed by atoms with Crippen LogP contribution in [-0.4, -0.2) is 14.7 Å². The maximum Gasteiger partial charge on any atom is 0.251 e. The molecular formula is C12H18N2OS. The molecular weight excluding hydrogens is 220 g/mol. The molecule has 1 aromatic rings. The fourth-order valence-electron chi connectivity index (χ4n) is 1.47. The summed E-state index contributed by atoms with van der Waals surface area (Å²) >= 11 is 1.80. The molecule has 0 aromatic carbocycles. The minimum absolute atomic E-state index is 0.0126. The molecule has 1 aliphatic rings. The Kier molecular flexibility index (Phi) is 3.10. The third-order valence-electron chi connectivity index (χ3n) is 2.45. The Morgan fingerprint density at radius 2 is 2.19 bits per heavy atom. The molecule has 1 aliphatic carbocycles. The number of hydrogen-bond acceptors (Lipinski definition) is 3. The summed E-state index contributed by atoms with van der Waals surface area (Å²) in [6.45, 7) is 6.50. The molecule has 2 rings (SSSR count). The highest BCUT2D eigenvalue weighted by Gasteiger charge is 2.25. The molecule has 1 fully saturated rings. The van der Waals surface area contributed by atoms with Gasteiger partial charge in [-0.15, -0.1) is 11.8 Å². The first kappa shape index (κ1) is 11.7. The zero-order chi connectivity index (χ0) is 11.8.